The summed E-state index contributed by atoms with van der Waals surface area (Å²) in [7, 11) is 1.56. The van der Waals surface area contributed by atoms with Crippen LogP contribution in [0.3, 0.4) is 0 Å². The number of methoxy groups -OCH3 is 1. The van der Waals surface area contributed by atoms with E-state index in [0.29, 0.717) is 12.1 Å². The highest BCUT2D eigenvalue weighted by molar-refractivity contribution is 5.35. The lowest BCUT2D eigenvalue weighted by molar-refractivity contribution is 0.181. The number of hydrogen-bond acceptors (Lipinski definition) is 4. The van der Waals surface area contributed by atoms with E-state index in [1.807, 2.05) is 29.8 Å². The topological polar surface area (TPSA) is 52.0 Å². The predicted molar refractivity (Wildman–Crippen MR) is 103 cm³/mol. The van der Waals surface area contributed by atoms with Crippen LogP contribution in [0.25, 0.3) is 5.69 Å². The van der Waals surface area contributed by atoms with Crippen LogP contribution in [-0.4, -0.2) is 22.1 Å². The van der Waals surface area contributed by atoms with Crippen molar-refractivity contribution in [1.29, 1.82) is 0 Å². The Bertz CT molecular complexity index is 905. The Morgan fingerprint density at radius 1 is 1.15 bits per heavy atom. The summed E-state index contributed by atoms with van der Waals surface area (Å²) in [5.74, 6) is -0.245. The Hall–Kier alpha value is -2.57. The van der Waals surface area contributed by atoms with Crippen LogP contribution in [0.1, 0.15) is 41.0 Å². The van der Waals surface area contributed by atoms with Gasteiger partial charge < -0.3 is 10.1 Å². The molecule has 0 amide bonds. The van der Waals surface area contributed by atoms with E-state index in [1.54, 1.807) is 13.2 Å². The molecule has 1 atom stereocenters. The highest BCUT2D eigenvalue weighted by atomic mass is 19.1. The van der Waals surface area contributed by atoms with E-state index in [2.05, 4.69) is 41.6 Å². The molecule has 0 aliphatic heterocycles. The summed E-state index contributed by atoms with van der Waals surface area (Å²) in [5, 5.41) is 12.1. The van der Waals surface area contributed by atoms with Gasteiger partial charge in [-0.1, -0.05) is 29.0 Å². The molecule has 1 N–H and O–H groups in total. The summed E-state index contributed by atoms with van der Waals surface area (Å²) >= 11 is 0. The minimum atomic E-state index is -0.245. The molecular weight excluding hydrogens is 343 g/mol. The Kier molecular flexibility index (Phi) is 5.98. The van der Waals surface area contributed by atoms with E-state index in [4.69, 9.17) is 4.74 Å². The maximum Gasteiger partial charge on any atom is 0.128 e. The summed E-state index contributed by atoms with van der Waals surface area (Å²) in [6.45, 7) is 7.00. The fraction of sp³-hybridized carbons (Fsp3) is 0.333. The highest BCUT2D eigenvalue weighted by Gasteiger charge is 2.16. The standard InChI is InChI=1S/C21H25FN4O/c1-14-5-8-19(9-6-14)26-16(3)21(24-25-26)15(2)23-12-17-7-10-20(22)18(11-17)13-27-4/h5-11,15,23H,12-13H2,1-4H3. The van der Waals surface area contributed by atoms with Crippen molar-refractivity contribution in [2.45, 2.75) is 40.0 Å². The number of hydrogen-bond donors (Lipinski definition) is 1. The van der Waals surface area contributed by atoms with Gasteiger partial charge in [-0.15, -0.1) is 5.10 Å². The first-order valence-corrected chi connectivity index (χ1v) is 8.98. The Morgan fingerprint density at radius 2 is 1.89 bits per heavy atom. The second-order valence-electron chi connectivity index (χ2n) is 6.77. The van der Waals surface area contributed by atoms with Crippen molar-refractivity contribution in [1.82, 2.24) is 20.3 Å². The zero-order valence-corrected chi connectivity index (χ0v) is 16.2. The third kappa shape index (κ3) is 4.40. The van der Waals surface area contributed by atoms with E-state index in [0.717, 1.165) is 22.6 Å². The van der Waals surface area contributed by atoms with Crippen LogP contribution >= 0.6 is 0 Å². The van der Waals surface area contributed by atoms with Crippen molar-refractivity contribution in [2.24, 2.45) is 0 Å². The van der Waals surface area contributed by atoms with Gasteiger partial charge in [0.15, 0.2) is 0 Å². The molecule has 6 heteroatoms. The number of nitrogens with zero attached hydrogens (tertiary/aromatic N) is 3. The van der Waals surface area contributed by atoms with Gasteiger partial charge in [-0.05, 0) is 50.6 Å². The zero-order valence-electron chi connectivity index (χ0n) is 16.2. The van der Waals surface area contributed by atoms with Crippen LogP contribution in [0.4, 0.5) is 4.39 Å². The number of nitrogens with one attached hydrogen (secondary N) is 1. The lowest BCUT2D eigenvalue weighted by Gasteiger charge is -2.13. The molecule has 0 radical (unpaired) electrons. The van der Waals surface area contributed by atoms with Gasteiger partial charge in [0.25, 0.3) is 0 Å². The van der Waals surface area contributed by atoms with Gasteiger partial charge in [0.05, 0.1) is 24.0 Å². The molecule has 1 aromatic heterocycles. The Labute approximate surface area is 159 Å². The van der Waals surface area contributed by atoms with E-state index in [-0.39, 0.29) is 18.5 Å². The van der Waals surface area contributed by atoms with E-state index >= 15 is 0 Å². The molecule has 2 aromatic carbocycles. The van der Waals surface area contributed by atoms with Crippen LogP contribution in [-0.2, 0) is 17.9 Å². The maximum atomic E-state index is 13.7. The van der Waals surface area contributed by atoms with Crippen LogP contribution < -0.4 is 5.32 Å². The third-order valence-corrected chi connectivity index (χ3v) is 4.64. The van der Waals surface area contributed by atoms with Gasteiger partial charge in [-0.2, -0.15) is 0 Å². The van der Waals surface area contributed by atoms with Crippen LogP contribution in [0.5, 0.6) is 0 Å². The molecule has 0 saturated carbocycles. The Balaban J connectivity index is 1.71. The van der Waals surface area contributed by atoms with Crippen LogP contribution in [0.2, 0.25) is 0 Å². The SMILES string of the molecule is COCc1cc(CNC(C)c2nnn(-c3ccc(C)cc3)c2C)ccc1F. The molecule has 0 fully saturated rings. The summed E-state index contributed by atoms with van der Waals surface area (Å²) in [5.41, 5.74) is 5.66. The first kappa shape index (κ1) is 19.2. The largest absolute Gasteiger partial charge is 0.380 e. The molecule has 27 heavy (non-hydrogen) atoms. The van der Waals surface area contributed by atoms with Crippen molar-refractivity contribution in [3.8, 4) is 5.69 Å². The van der Waals surface area contributed by atoms with Crippen LogP contribution in [0, 0.1) is 19.7 Å². The van der Waals surface area contributed by atoms with E-state index in [9.17, 15) is 4.39 Å². The number of benzene rings is 2. The lowest BCUT2D eigenvalue weighted by atomic mass is 10.1. The minimum Gasteiger partial charge on any atom is -0.380 e. The third-order valence-electron chi connectivity index (χ3n) is 4.64. The van der Waals surface area contributed by atoms with Gasteiger partial charge in [-0.25, -0.2) is 9.07 Å². The van der Waals surface area contributed by atoms with Crippen molar-refractivity contribution in [3.05, 3.63) is 76.4 Å². The number of aryl methyl sites for hydroxylation is 1. The molecule has 1 unspecified atom stereocenters. The van der Waals surface area contributed by atoms with Gasteiger partial charge in [0, 0.05) is 19.2 Å². The molecule has 3 aromatic rings. The lowest BCUT2D eigenvalue weighted by Crippen LogP contribution is -2.19. The fourth-order valence-electron chi connectivity index (χ4n) is 3.04. The second kappa shape index (κ2) is 8.41. The van der Waals surface area contributed by atoms with E-state index in [1.165, 1.54) is 11.6 Å². The average molecular weight is 368 g/mol. The van der Waals surface area contributed by atoms with Gasteiger partial charge in [0.2, 0.25) is 0 Å². The first-order valence-electron chi connectivity index (χ1n) is 8.98. The summed E-state index contributed by atoms with van der Waals surface area (Å²) < 4.78 is 20.6. The van der Waals surface area contributed by atoms with Crippen molar-refractivity contribution < 1.29 is 9.13 Å². The Morgan fingerprint density at radius 3 is 2.59 bits per heavy atom. The minimum absolute atomic E-state index is 0.0140. The van der Waals surface area contributed by atoms with Gasteiger partial charge in [-0.3, -0.25) is 0 Å². The molecule has 142 valence electrons. The summed E-state index contributed by atoms with van der Waals surface area (Å²) in [6.07, 6.45) is 0. The molecular formula is C21H25FN4O. The van der Waals surface area contributed by atoms with Crippen molar-refractivity contribution in [3.63, 3.8) is 0 Å². The molecule has 1 heterocycles. The summed E-state index contributed by atoms with van der Waals surface area (Å²) in [6, 6.07) is 13.3. The average Bonchev–Trinajstić information content (AvgIpc) is 3.04. The number of rotatable bonds is 7. The van der Waals surface area contributed by atoms with Gasteiger partial charge in [0.1, 0.15) is 11.5 Å². The molecule has 3 rings (SSSR count). The number of aromatic nitrogens is 3. The monoisotopic (exact) mass is 368 g/mol. The van der Waals surface area contributed by atoms with E-state index < -0.39 is 0 Å². The fourth-order valence-corrected chi connectivity index (χ4v) is 3.04. The number of ether oxygens (including phenoxy) is 1. The molecule has 0 saturated heterocycles. The van der Waals surface area contributed by atoms with Crippen molar-refractivity contribution in [2.75, 3.05) is 7.11 Å². The maximum absolute atomic E-state index is 13.7. The van der Waals surface area contributed by atoms with Crippen molar-refractivity contribution >= 4 is 0 Å². The first-order chi connectivity index (χ1) is 13.0. The summed E-state index contributed by atoms with van der Waals surface area (Å²) in [4.78, 5) is 0. The molecule has 5 nitrogen and oxygen atoms in total. The molecule has 0 aliphatic rings. The predicted octanol–water partition coefficient (Wildman–Crippen LogP) is 4.02. The quantitative estimate of drug-likeness (QED) is 0.684. The molecule has 0 aliphatic carbocycles. The van der Waals surface area contributed by atoms with Crippen LogP contribution in [0.15, 0.2) is 42.5 Å². The highest BCUT2D eigenvalue weighted by Crippen LogP contribution is 2.19. The zero-order chi connectivity index (χ0) is 19.4. The van der Waals surface area contributed by atoms with Gasteiger partial charge >= 0.3 is 0 Å². The number of halogens is 1. The second-order valence-corrected chi connectivity index (χ2v) is 6.77. The molecule has 0 spiro atoms. The smallest absolute Gasteiger partial charge is 0.128 e. The molecule has 0 bridgehead atoms. The normalized spacial score (nSPS) is 12.3.